The van der Waals surface area contributed by atoms with Gasteiger partial charge in [0.25, 0.3) is 0 Å². The van der Waals surface area contributed by atoms with Crippen molar-refractivity contribution in [2.75, 3.05) is 13.2 Å². The van der Waals surface area contributed by atoms with Crippen LogP contribution in [0.5, 0.6) is 0 Å². The fraction of sp³-hybridized carbons (Fsp3) is 0.935. The number of carbonyl (C=O) groups is 1. The van der Waals surface area contributed by atoms with E-state index in [9.17, 15) is 30.3 Å². The Balaban J connectivity index is 2.32. The van der Waals surface area contributed by atoms with Gasteiger partial charge >= 0.3 is 0 Å². The van der Waals surface area contributed by atoms with Gasteiger partial charge in [-0.1, -0.05) is 187 Å². The Morgan fingerprint density at radius 1 is 0.600 bits per heavy atom. The number of hydrogen-bond acceptors (Lipinski definition) is 8. The minimum atomic E-state index is -1.55. The lowest BCUT2D eigenvalue weighted by Gasteiger charge is -2.40. The zero-order valence-corrected chi connectivity index (χ0v) is 35.7. The summed E-state index contributed by atoms with van der Waals surface area (Å²) in [5.41, 5.74) is 0. The Hall–Kier alpha value is -1.07. The first-order chi connectivity index (χ1) is 26.8. The highest BCUT2D eigenvalue weighted by atomic mass is 16.7. The molecule has 0 aromatic rings. The molecule has 1 aliphatic heterocycles. The molecule has 0 aromatic carbocycles. The molecule has 9 nitrogen and oxygen atoms in total. The minimum Gasteiger partial charge on any atom is -0.394 e. The van der Waals surface area contributed by atoms with Crippen LogP contribution < -0.4 is 5.32 Å². The average molecular weight is 784 g/mol. The predicted molar refractivity (Wildman–Crippen MR) is 226 cm³/mol. The second-order valence-electron chi connectivity index (χ2n) is 16.6. The zero-order valence-electron chi connectivity index (χ0n) is 35.7. The maximum Gasteiger partial charge on any atom is 0.220 e. The number of amides is 1. The van der Waals surface area contributed by atoms with E-state index in [-0.39, 0.29) is 12.5 Å². The molecule has 0 saturated carbocycles. The smallest absolute Gasteiger partial charge is 0.220 e. The highest BCUT2D eigenvalue weighted by molar-refractivity contribution is 5.76. The van der Waals surface area contributed by atoms with Crippen molar-refractivity contribution in [1.29, 1.82) is 0 Å². The van der Waals surface area contributed by atoms with E-state index >= 15 is 0 Å². The summed E-state index contributed by atoms with van der Waals surface area (Å²) in [6, 6.07) is -0.729. The average Bonchev–Trinajstić information content (AvgIpc) is 3.18. The number of rotatable bonds is 39. The first-order valence-electron chi connectivity index (χ1n) is 23.4. The molecule has 55 heavy (non-hydrogen) atoms. The molecule has 7 atom stereocenters. The van der Waals surface area contributed by atoms with E-state index in [1.165, 1.54) is 148 Å². The molecule has 0 radical (unpaired) electrons. The lowest BCUT2D eigenvalue weighted by molar-refractivity contribution is -0.302. The first kappa shape index (κ1) is 51.9. The molecule has 0 aromatic heterocycles. The molecule has 0 bridgehead atoms. The second kappa shape index (κ2) is 37.2. The molecular weight excluding hydrogens is 695 g/mol. The van der Waals surface area contributed by atoms with Gasteiger partial charge in [0, 0.05) is 6.42 Å². The molecule has 9 heteroatoms. The van der Waals surface area contributed by atoms with Crippen molar-refractivity contribution >= 4 is 5.91 Å². The monoisotopic (exact) mass is 784 g/mol. The number of nitrogens with one attached hydrogen (secondary N) is 1. The van der Waals surface area contributed by atoms with Crippen LogP contribution >= 0.6 is 0 Å². The number of carbonyl (C=O) groups excluding carboxylic acids is 1. The van der Waals surface area contributed by atoms with Crippen molar-refractivity contribution in [2.24, 2.45) is 0 Å². The van der Waals surface area contributed by atoms with Gasteiger partial charge in [0.2, 0.25) is 5.91 Å². The molecule has 0 spiro atoms. The van der Waals surface area contributed by atoms with E-state index in [2.05, 4.69) is 31.3 Å². The van der Waals surface area contributed by atoms with E-state index in [1.807, 2.05) is 0 Å². The summed E-state index contributed by atoms with van der Waals surface area (Å²) in [6.45, 7) is 3.82. The van der Waals surface area contributed by atoms with Crippen LogP contribution in [-0.4, -0.2) is 87.5 Å². The Morgan fingerprint density at radius 3 is 1.47 bits per heavy atom. The summed E-state index contributed by atoms with van der Waals surface area (Å²) in [5.74, 6) is -0.151. The number of unbranched alkanes of at least 4 members (excludes halogenated alkanes) is 27. The van der Waals surface area contributed by atoms with Crippen LogP contribution in [0.4, 0.5) is 0 Å². The Morgan fingerprint density at radius 2 is 1.02 bits per heavy atom. The highest BCUT2D eigenvalue weighted by Gasteiger charge is 2.44. The SMILES string of the molecule is CCCCCCCCCC/C=C/CCCC[C@@H](O)[C@H](CO[C@H]1O[C@@H](CO)[C@H](O)C(O)C1O)NC(=O)CCCCCCCCCCCCCCCCCCCC. The Kier molecular flexibility index (Phi) is 35.2. The van der Waals surface area contributed by atoms with Gasteiger partial charge in [0.1, 0.15) is 24.4 Å². The Labute approximate surface area is 337 Å². The molecule has 6 N–H and O–H groups in total. The summed E-state index contributed by atoms with van der Waals surface area (Å²) in [7, 11) is 0. The first-order valence-corrected chi connectivity index (χ1v) is 23.4. The van der Waals surface area contributed by atoms with Crippen LogP contribution in [0.25, 0.3) is 0 Å². The van der Waals surface area contributed by atoms with Crippen molar-refractivity contribution < 1.29 is 39.8 Å². The summed E-state index contributed by atoms with van der Waals surface area (Å²) in [4.78, 5) is 13.0. The van der Waals surface area contributed by atoms with Crippen LogP contribution in [0.2, 0.25) is 0 Å². The molecule has 1 saturated heterocycles. The lowest BCUT2D eigenvalue weighted by atomic mass is 9.99. The highest BCUT2D eigenvalue weighted by Crippen LogP contribution is 2.23. The Bertz CT molecular complexity index is 873. The van der Waals surface area contributed by atoms with Gasteiger partial charge in [-0.2, -0.15) is 0 Å². The number of hydrogen-bond donors (Lipinski definition) is 6. The summed E-state index contributed by atoms with van der Waals surface area (Å²) < 4.78 is 11.2. The van der Waals surface area contributed by atoms with E-state index in [1.54, 1.807) is 0 Å². The predicted octanol–water partition coefficient (Wildman–Crippen LogP) is 9.73. The van der Waals surface area contributed by atoms with E-state index in [0.29, 0.717) is 12.8 Å². The number of ether oxygens (including phenoxy) is 2. The summed E-state index contributed by atoms with van der Waals surface area (Å²) in [5, 5.41) is 54.3. The lowest BCUT2D eigenvalue weighted by Crippen LogP contribution is -2.60. The van der Waals surface area contributed by atoms with Crippen molar-refractivity contribution in [3.8, 4) is 0 Å². The van der Waals surface area contributed by atoms with Gasteiger partial charge in [-0.15, -0.1) is 0 Å². The van der Waals surface area contributed by atoms with Crippen LogP contribution in [0.1, 0.15) is 219 Å². The molecule has 1 fully saturated rings. The molecule has 326 valence electrons. The second-order valence-corrected chi connectivity index (χ2v) is 16.6. The van der Waals surface area contributed by atoms with E-state index < -0.39 is 49.5 Å². The number of allylic oxidation sites excluding steroid dienone is 2. The third-order valence-corrected chi connectivity index (χ3v) is 11.4. The quantitative estimate of drug-likeness (QED) is 0.0267. The number of aliphatic hydroxyl groups excluding tert-OH is 5. The van der Waals surface area contributed by atoms with Gasteiger partial charge in [-0.3, -0.25) is 4.79 Å². The van der Waals surface area contributed by atoms with Crippen molar-refractivity contribution in [3.05, 3.63) is 12.2 Å². The molecule has 1 aliphatic rings. The van der Waals surface area contributed by atoms with Gasteiger partial charge in [-0.05, 0) is 38.5 Å². The van der Waals surface area contributed by atoms with Crippen LogP contribution in [0, 0.1) is 0 Å². The van der Waals surface area contributed by atoms with Gasteiger partial charge in [0.15, 0.2) is 6.29 Å². The molecule has 1 rings (SSSR count). The van der Waals surface area contributed by atoms with Crippen molar-refractivity contribution in [1.82, 2.24) is 5.32 Å². The standard InChI is InChI=1S/C46H89NO8/c1-3-5-7-9-11-13-15-17-19-20-21-22-24-26-28-30-32-34-36-42(50)47-39(38-54-46-45(53)44(52)43(51)41(37-48)55-46)40(49)35-33-31-29-27-25-23-18-16-14-12-10-8-6-4-2/h25,27,39-41,43-46,48-49,51-53H,3-24,26,28-38H2,1-2H3,(H,47,50)/b27-25+/t39-,40+,41-,43-,44?,45?,46-/m0/s1. The van der Waals surface area contributed by atoms with Gasteiger partial charge in [0.05, 0.1) is 25.4 Å². The summed E-state index contributed by atoms with van der Waals surface area (Å²) in [6.07, 6.45) is 35.0. The van der Waals surface area contributed by atoms with E-state index in [4.69, 9.17) is 9.47 Å². The fourth-order valence-corrected chi connectivity index (χ4v) is 7.57. The topological polar surface area (TPSA) is 149 Å². The maximum atomic E-state index is 13.0. The van der Waals surface area contributed by atoms with Gasteiger partial charge in [-0.25, -0.2) is 0 Å². The van der Waals surface area contributed by atoms with Crippen LogP contribution in [0.3, 0.4) is 0 Å². The molecule has 0 aliphatic carbocycles. The maximum absolute atomic E-state index is 13.0. The molecule has 2 unspecified atom stereocenters. The van der Waals surface area contributed by atoms with Crippen molar-refractivity contribution in [3.63, 3.8) is 0 Å². The fourth-order valence-electron chi connectivity index (χ4n) is 7.57. The van der Waals surface area contributed by atoms with Crippen LogP contribution in [0.15, 0.2) is 12.2 Å². The normalized spacial score (nSPS) is 21.3. The third-order valence-electron chi connectivity index (χ3n) is 11.4. The largest absolute Gasteiger partial charge is 0.394 e. The zero-order chi connectivity index (χ0) is 40.2. The van der Waals surface area contributed by atoms with Crippen LogP contribution in [-0.2, 0) is 14.3 Å². The number of aliphatic hydroxyl groups is 5. The van der Waals surface area contributed by atoms with Crippen molar-refractivity contribution in [2.45, 2.75) is 262 Å². The molecular formula is C46H89NO8. The summed E-state index contributed by atoms with van der Waals surface area (Å²) >= 11 is 0. The minimum absolute atomic E-state index is 0.146. The molecule has 1 heterocycles. The van der Waals surface area contributed by atoms with E-state index in [0.717, 1.165) is 44.9 Å². The third kappa shape index (κ3) is 28.1. The molecule has 1 amide bonds. The van der Waals surface area contributed by atoms with Gasteiger partial charge < -0.3 is 40.3 Å².